The van der Waals surface area contributed by atoms with Crippen LogP contribution in [0.3, 0.4) is 0 Å². The highest BCUT2D eigenvalue weighted by atomic mass is 16.6. The molecule has 2 rings (SSSR count). The second-order valence-corrected chi connectivity index (χ2v) is 6.27. The number of non-ortho nitro benzene ring substituents is 2. The summed E-state index contributed by atoms with van der Waals surface area (Å²) in [4.78, 5) is 34.7. The second-order valence-electron chi connectivity index (χ2n) is 6.27. The molecule has 142 valence electrons. The van der Waals surface area contributed by atoms with E-state index in [0.29, 0.717) is 6.42 Å². The Morgan fingerprint density at radius 2 is 1.59 bits per heavy atom. The average Bonchev–Trinajstić information content (AvgIpc) is 2.64. The molecule has 0 heterocycles. The molecule has 2 aromatic rings. The van der Waals surface area contributed by atoms with E-state index in [4.69, 9.17) is 0 Å². The van der Waals surface area contributed by atoms with Crippen LogP contribution in [-0.2, 0) is 6.42 Å². The molecule has 9 nitrogen and oxygen atoms in total. The molecule has 9 heteroatoms. The lowest BCUT2D eigenvalue weighted by molar-refractivity contribution is -0.394. The van der Waals surface area contributed by atoms with E-state index in [-0.39, 0.29) is 18.2 Å². The van der Waals surface area contributed by atoms with Gasteiger partial charge in [0.05, 0.1) is 21.5 Å². The topological polar surface area (TPSA) is 119 Å². The van der Waals surface area contributed by atoms with Crippen LogP contribution in [0.5, 0.6) is 0 Å². The maximum atomic E-state index is 12.4. The van der Waals surface area contributed by atoms with Gasteiger partial charge in [-0.2, -0.15) is 0 Å². The van der Waals surface area contributed by atoms with Crippen LogP contribution in [0.4, 0.5) is 11.4 Å². The number of carbonyl (C=O) groups is 1. The van der Waals surface area contributed by atoms with Gasteiger partial charge in [-0.15, -0.1) is 0 Å². The maximum absolute atomic E-state index is 12.4. The van der Waals surface area contributed by atoms with Crippen molar-refractivity contribution in [3.8, 4) is 0 Å². The lowest BCUT2D eigenvalue weighted by atomic mass is 10.0. The van der Waals surface area contributed by atoms with Gasteiger partial charge in [0, 0.05) is 24.7 Å². The number of nitro groups is 2. The Labute approximate surface area is 155 Å². The molecule has 2 aromatic carbocycles. The van der Waals surface area contributed by atoms with Gasteiger partial charge in [-0.05, 0) is 26.1 Å². The van der Waals surface area contributed by atoms with Crippen LogP contribution < -0.4 is 5.32 Å². The molecule has 0 radical (unpaired) electrons. The Bertz CT molecular complexity index is 807. The van der Waals surface area contributed by atoms with E-state index in [0.717, 1.165) is 23.8 Å². The average molecular weight is 372 g/mol. The summed E-state index contributed by atoms with van der Waals surface area (Å²) in [5, 5.41) is 24.6. The van der Waals surface area contributed by atoms with Gasteiger partial charge in [-0.1, -0.05) is 30.3 Å². The van der Waals surface area contributed by atoms with Crippen LogP contribution in [0.2, 0.25) is 0 Å². The van der Waals surface area contributed by atoms with Crippen LogP contribution in [0.1, 0.15) is 15.9 Å². The van der Waals surface area contributed by atoms with Crippen LogP contribution in [0.15, 0.2) is 48.5 Å². The zero-order valence-electron chi connectivity index (χ0n) is 15.0. The molecule has 0 aliphatic heterocycles. The minimum Gasteiger partial charge on any atom is -0.350 e. The van der Waals surface area contributed by atoms with E-state index in [1.807, 2.05) is 49.3 Å². The molecule has 0 aromatic heterocycles. The fourth-order valence-electron chi connectivity index (χ4n) is 2.57. The third-order valence-corrected chi connectivity index (χ3v) is 4.13. The SMILES string of the molecule is CN(C)C(CNC(=O)c1cc([N+](=O)[O-])cc([N+](=O)[O-])c1)Cc1ccccc1. The first kappa shape index (κ1) is 20.0. The van der Waals surface area contributed by atoms with E-state index >= 15 is 0 Å². The molecule has 0 aliphatic carbocycles. The van der Waals surface area contributed by atoms with Gasteiger partial charge in [0.25, 0.3) is 17.3 Å². The van der Waals surface area contributed by atoms with Gasteiger partial charge in [-0.3, -0.25) is 25.0 Å². The number of nitrogens with zero attached hydrogens (tertiary/aromatic N) is 3. The molecule has 27 heavy (non-hydrogen) atoms. The van der Waals surface area contributed by atoms with Crippen molar-refractivity contribution in [3.63, 3.8) is 0 Å². The van der Waals surface area contributed by atoms with E-state index in [2.05, 4.69) is 5.32 Å². The number of amides is 1. The summed E-state index contributed by atoms with van der Waals surface area (Å²) in [6.45, 7) is 0.289. The van der Waals surface area contributed by atoms with Gasteiger partial charge < -0.3 is 10.2 Å². The number of hydrogen-bond donors (Lipinski definition) is 1. The van der Waals surface area contributed by atoms with Crippen LogP contribution in [-0.4, -0.2) is 47.3 Å². The number of carbonyl (C=O) groups excluding carboxylic acids is 1. The molecule has 0 saturated heterocycles. The molecule has 0 fully saturated rings. The predicted molar refractivity (Wildman–Crippen MR) is 99.7 cm³/mol. The summed E-state index contributed by atoms with van der Waals surface area (Å²) < 4.78 is 0. The summed E-state index contributed by atoms with van der Waals surface area (Å²) in [6, 6.07) is 12.6. The molecule has 0 aliphatic rings. The quantitative estimate of drug-likeness (QED) is 0.561. The monoisotopic (exact) mass is 372 g/mol. The predicted octanol–water partition coefficient (Wildman–Crippen LogP) is 2.41. The van der Waals surface area contributed by atoms with Crippen molar-refractivity contribution >= 4 is 17.3 Å². The Morgan fingerprint density at radius 3 is 2.07 bits per heavy atom. The molecule has 1 N–H and O–H groups in total. The van der Waals surface area contributed by atoms with Crippen LogP contribution in [0.25, 0.3) is 0 Å². The smallest absolute Gasteiger partial charge is 0.277 e. The molecule has 1 atom stereocenters. The van der Waals surface area contributed by atoms with Crippen LogP contribution in [0, 0.1) is 20.2 Å². The Kier molecular flexibility index (Phi) is 6.56. The first-order chi connectivity index (χ1) is 12.8. The van der Waals surface area contributed by atoms with Crippen molar-refractivity contribution in [1.82, 2.24) is 10.2 Å². The Balaban J connectivity index is 2.13. The van der Waals surface area contributed by atoms with Crippen molar-refractivity contribution in [2.45, 2.75) is 12.5 Å². The van der Waals surface area contributed by atoms with Crippen LogP contribution >= 0.6 is 0 Å². The fraction of sp³-hybridized carbons (Fsp3) is 0.278. The van der Waals surface area contributed by atoms with E-state index in [9.17, 15) is 25.0 Å². The lowest BCUT2D eigenvalue weighted by Crippen LogP contribution is -2.41. The molecular weight excluding hydrogens is 352 g/mol. The molecule has 1 unspecified atom stereocenters. The van der Waals surface area contributed by atoms with Crippen molar-refractivity contribution in [2.24, 2.45) is 0 Å². The lowest BCUT2D eigenvalue weighted by Gasteiger charge is -2.24. The number of benzene rings is 2. The van der Waals surface area contributed by atoms with Crippen molar-refractivity contribution in [3.05, 3.63) is 79.9 Å². The van der Waals surface area contributed by atoms with Crippen molar-refractivity contribution < 1.29 is 14.6 Å². The zero-order chi connectivity index (χ0) is 20.0. The first-order valence-electron chi connectivity index (χ1n) is 8.20. The highest BCUT2D eigenvalue weighted by molar-refractivity contribution is 5.95. The second kappa shape index (κ2) is 8.86. The standard InChI is InChI=1S/C18H20N4O5/c1-20(2)17(8-13-6-4-3-5-7-13)12-19-18(23)14-9-15(21(24)25)11-16(10-14)22(26)27/h3-7,9-11,17H,8,12H2,1-2H3,(H,19,23). The summed E-state index contributed by atoms with van der Waals surface area (Å²) >= 11 is 0. The van der Waals surface area contributed by atoms with Gasteiger partial charge in [0.1, 0.15) is 0 Å². The van der Waals surface area contributed by atoms with Gasteiger partial charge in [-0.25, -0.2) is 0 Å². The number of nitro benzene ring substituents is 2. The Hall–Kier alpha value is -3.33. The first-order valence-corrected chi connectivity index (χ1v) is 8.20. The van der Waals surface area contributed by atoms with Crippen molar-refractivity contribution in [2.75, 3.05) is 20.6 Å². The summed E-state index contributed by atoms with van der Waals surface area (Å²) in [7, 11) is 3.77. The minimum absolute atomic E-state index is 0.00923. The van der Waals surface area contributed by atoms with Crippen molar-refractivity contribution in [1.29, 1.82) is 0 Å². The largest absolute Gasteiger partial charge is 0.350 e. The minimum atomic E-state index is -0.762. The molecule has 1 amide bonds. The number of likely N-dealkylation sites (N-methyl/N-ethyl adjacent to an activating group) is 1. The number of hydrogen-bond acceptors (Lipinski definition) is 6. The molecule has 0 bridgehead atoms. The van der Waals surface area contributed by atoms with Gasteiger partial charge in [0.2, 0.25) is 0 Å². The fourth-order valence-corrected chi connectivity index (χ4v) is 2.57. The number of rotatable bonds is 8. The zero-order valence-corrected chi connectivity index (χ0v) is 15.0. The molecule has 0 saturated carbocycles. The maximum Gasteiger partial charge on any atom is 0.277 e. The third-order valence-electron chi connectivity index (χ3n) is 4.13. The summed E-state index contributed by atoms with van der Waals surface area (Å²) in [5.74, 6) is -0.596. The Morgan fingerprint density at radius 1 is 1.04 bits per heavy atom. The summed E-state index contributed by atoms with van der Waals surface area (Å²) in [5.41, 5.74) is -0.00450. The normalized spacial score (nSPS) is 11.8. The van der Waals surface area contributed by atoms with E-state index in [1.54, 1.807) is 0 Å². The van der Waals surface area contributed by atoms with Gasteiger partial charge >= 0.3 is 0 Å². The third kappa shape index (κ3) is 5.58. The molecular formula is C18H20N4O5. The highest BCUT2D eigenvalue weighted by Crippen LogP contribution is 2.22. The van der Waals surface area contributed by atoms with E-state index < -0.39 is 27.1 Å². The molecule has 0 spiro atoms. The number of nitrogens with one attached hydrogen (secondary N) is 1. The van der Waals surface area contributed by atoms with Gasteiger partial charge in [0.15, 0.2) is 0 Å². The van der Waals surface area contributed by atoms with E-state index in [1.165, 1.54) is 0 Å². The summed E-state index contributed by atoms with van der Waals surface area (Å²) in [6.07, 6.45) is 0.698. The highest BCUT2D eigenvalue weighted by Gasteiger charge is 2.21.